The standard InChI is InChI=1S/C22H26FN5OS/c1-14(15-7-11-18(23)12-8-15)25-19(29)13-30-21-27-26-20(28(21)24)16-5-9-17(10-6-16)22(2,3)4/h5-12,14H,13,24H2,1-4H3,(H,25,29). The molecule has 3 aromatic rings. The normalized spacial score (nSPS) is 12.6. The first-order valence-corrected chi connectivity index (χ1v) is 10.6. The predicted octanol–water partition coefficient (Wildman–Crippen LogP) is 4.07. The zero-order chi connectivity index (χ0) is 21.9. The number of carbonyl (C=O) groups is 1. The first-order chi connectivity index (χ1) is 14.1. The summed E-state index contributed by atoms with van der Waals surface area (Å²) >= 11 is 1.21. The molecule has 0 fully saturated rings. The van der Waals surface area contributed by atoms with Crippen molar-refractivity contribution in [2.75, 3.05) is 11.6 Å². The van der Waals surface area contributed by atoms with Gasteiger partial charge in [0, 0.05) is 5.56 Å². The minimum Gasteiger partial charge on any atom is -0.349 e. The summed E-state index contributed by atoms with van der Waals surface area (Å²) in [5, 5.41) is 11.6. The first kappa shape index (κ1) is 21.8. The lowest BCUT2D eigenvalue weighted by Gasteiger charge is -2.19. The van der Waals surface area contributed by atoms with Gasteiger partial charge < -0.3 is 11.2 Å². The lowest BCUT2D eigenvalue weighted by atomic mass is 9.87. The first-order valence-electron chi connectivity index (χ1n) is 9.64. The van der Waals surface area contributed by atoms with Crippen molar-refractivity contribution in [2.45, 2.75) is 44.3 Å². The van der Waals surface area contributed by atoms with Crippen molar-refractivity contribution in [3.8, 4) is 11.4 Å². The maximum absolute atomic E-state index is 13.0. The molecule has 0 aliphatic heterocycles. The second-order valence-electron chi connectivity index (χ2n) is 8.13. The number of nitrogens with two attached hydrogens (primary N) is 1. The highest BCUT2D eigenvalue weighted by Gasteiger charge is 2.17. The molecule has 1 amide bonds. The predicted molar refractivity (Wildman–Crippen MR) is 118 cm³/mol. The number of nitrogens with one attached hydrogen (secondary N) is 1. The third kappa shape index (κ3) is 5.18. The Labute approximate surface area is 180 Å². The van der Waals surface area contributed by atoms with E-state index < -0.39 is 0 Å². The molecular weight excluding hydrogens is 401 g/mol. The molecule has 0 radical (unpaired) electrons. The lowest BCUT2D eigenvalue weighted by molar-refractivity contribution is -0.119. The maximum atomic E-state index is 13.0. The van der Waals surface area contributed by atoms with Gasteiger partial charge in [0.1, 0.15) is 5.82 Å². The van der Waals surface area contributed by atoms with E-state index in [0.29, 0.717) is 11.0 Å². The Hall–Kier alpha value is -2.87. The molecule has 2 aromatic carbocycles. The van der Waals surface area contributed by atoms with Gasteiger partial charge in [-0.2, -0.15) is 0 Å². The summed E-state index contributed by atoms with van der Waals surface area (Å²) in [5.74, 6) is 6.36. The maximum Gasteiger partial charge on any atom is 0.230 e. The molecular formula is C22H26FN5OS. The molecule has 0 aliphatic carbocycles. The number of hydrogen-bond acceptors (Lipinski definition) is 5. The van der Waals surface area contributed by atoms with Crippen LogP contribution in [0, 0.1) is 5.82 Å². The summed E-state index contributed by atoms with van der Waals surface area (Å²) in [6, 6.07) is 13.9. The van der Waals surface area contributed by atoms with Crippen LogP contribution in [0.15, 0.2) is 53.7 Å². The fraction of sp³-hybridized carbons (Fsp3) is 0.318. The molecule has 0 saturated carbocycles. The van der Waals surface area contributed by atoms with Gasteiger partial charge in [-0.15, -0.1) is 10.2 Å². The van der Waals surface area contributed by atoms with Crippen LogP contribution >= 0.6 is 11.8 Å². The van der Waals surface area contributed by atoms with Gasteiger partial charge in [-0.3, -0.25) is 4.79 Å². The van der Waals surface area contributed by atoms with E-state index in [2.05, 4.69) is 48.4 Å². The monoisotopic (exact) mass is 427 g/mol. The van der Waals surface area contributed by atoms with Gasteiger partial charge in [0.2, 0.25) is 11.1 Å². The molecule has 30 heavy (non-hydrogen) atoms. The van der Waals surface area contributed by atoms with Crippen LogP contribution in [-0.4, -0.2) is 26.5 Å². The van der Waals surface area contributed by atoms with Crippen molar-refractivity contribution < 1.29 is 9.18 Å². The molecule has 1 aromatic heterocycles. The topological polar surface area (TPSA) is 85.8 Å². The molecule has 3 rings (SSSR count). The van der Waals surface area contributed by atoms with Gasteiger partial charge in [0.25, 0.3) is 0 Å². The lowest BCUT2D eigenvalue weighted by Crippen LogP contribution is -2.28. The number of amides is 1. The molecule has 1 unspecified atom stereocenters. The van der Waals surface area contributed by atoms with Crippen LogP contribution in [0.25, 0.3) is 11.4 Å². The van der Waals surface area contributed by atoms with E-state index >= 15 is 0 Å². The van der Waals surface area contributed by atoms with E-state index in [1.165, 1.54) is 34.1 Å². The Morgan fingerprint density at radius 1 is 1.13 bits per heavy atom. The average Bonchev–Trinajstić information content (AvgIpc) is 3.06. The van der Waals surface area contributed by atoms with E-state index in [0.717, 1.165) is 11.1 Å². The second kappa shape index (κ2) is 8.87. The van der Waals surface area contributed by atoms with Crippen molar-refractivity contribution in [1.82, 2.24) is 20.2 Å². The molecule has 0 spiro atoms. The zero-order valence-corrected chi connectivity index (χ0v) is 18.3. The van der Waals surface area contributed by atoms with Gasteiger partial charge in [-0.05, 0) is 35.6 Å². The Bertz CT molecular complexity index is 1010. The number of halogens is 1. The van der Waals surface area contributed by atoms with Crippen molar-refractivity contribution in [3.63, 3.8) is 0 Å². The van der Waals surface area contributed by atoms with Gasteiger partial charge >= 0.3 is 0 Å². The van der Waals surface area contributed by atoms with E-state index in [1.807, 2.05) is 19.1 Å². The van der Waals surface area contributed by atoms with Crippen molar-refractivity contribution in [2.24, 2.45) is 0 Å². The highest BCUT2D eigenvalue weighted by atomic mass is 32.2. The van der Waals surface area contributed by atoms with E-state index in [4.69, 9.17) is 5.84 Å². The fourth-order valence-corrected chi connectivity index (χ4v) is 3.61. The van der Waals surface area contributed by atoms with Gasteiger partial charge in [-0.1, -0.05) is 68.9 Å². The largest absolute Gasteiger partial charge is 0.349 e. The van der Waals surface area contributed by atoms with Gasteiger partial charge in [-0.25, -0.2) is 9.07 Å². The van der Waals surface area contributed by atoms with E-state index in [-0.39, 0.29) is 28.9 Å². The highest BCUT2D eigenvalue weighted by molar-refractivity contribution is 7.99. The van der Waals surface area contributed by atoms with Crippen LogP contribution in [-0.2, 0) is 10.2 Å². The van der Waals surface area contributed by atoms with Crippen molar-refractivity contribution >= 4 is 17.7 Å². The molecule has 0 aliphatic rings. The number of benzene rings is 2. The molecule has 8 heteroatoms. The Balaban J connectivity index is 1.61. The number of carbonyl (C=O) groups excluding carboxylic acids is 1. The molecule has 0 saturated heterocycles. The minimum atomic E-state index is -0.307. The number of thioether (sulfide) groups is 1. The van der Waals surface area contributed by atoms with Crippen LogP contribution in [0.4, 0.5) is 4.39 Å². The third-order valence-electron chi connectivity index (χ3n) is 4.75. The van der Waals surface area contributed by atoms with Gasteiger partial charge in [0.15, 0.2) is 5.82 Å². The molecule has 158 valence electrons. The number of hydrogen-bond donors (Lipinski definition) is 2. The Morgan fingerprint density at radius 3 is 2.37 bits per heavy atom. The molecule has 1 atom stereocenters. The third-order valence-corrected chi connectivity index (χ3v) is 5.70. The fourth-order valence-electron chi connectivity index (χ4n) is 2.94. The van der Waals surface area contributed by atoms with Crippen molar-refractivity contribution in [3.05, 3.63) is 65.5 Å². The summed E-state index contributed by atoms with van der Waals surface area (Å²) < 4.78 is 14.4. The Kier molecular flexibility index (Phi) is 6.45. The minimum absolute atomic E-state index is 0.0638. The average molecular weight is 428 g/mol. The molecule has 3 N–H and O–H groups in total. The summed E-state index contributed by atoms with van der Waals surface area (Å²) in [5.41, 5.74) is 2.97. The highest BCUT2D eigenvalue weighted by Crippen LogP contribution is 2.26. The number of rotatable bonds is 6. The SMILES string of the molecule is CC(NC(=O)CSc1nnc(-c2ccc(C(C)(C)C)cc2)n1N)c1ccc(F)cc1. The number of aromatic nitrogens is 3. The molecule has 6 nitrogen and oxygen atoms in total. The summed E-state index contributed by atoms with van der Waals surface area (Å²) in [6.45, 7) is 8.32. The Morgan fingerprint density at radius 2 is 1.77 bits per heavy atom. The zero-order valence-electron chi connectivity index (χ0n) is 17.5. The smallest absolute Gasteiger partial charge is 0.230 e. The number of nitrogen functional groups attached to an aromatic ring is 1. The van der Waals surface area contributed by atoms with E-state index in [9.17, 15) is 9.18 Å². The van der Waals surface area contributed by atoms with Crippen molar-refractivity contribution in [1.29, 1.82) is 0 Å². The molecule has 1 heterocycles. The summed E-state index contributed by atoms with van der Waals surface area (Å²) in [7, 11) is 0. The summed E-state index contributed by atoms with van der Waals surface area (Å²) in [4.78, 5) is 12.3. The van der Waals surface area contributed by atoms with Crippen LogP contribution in [0.3, 0.4) is 0 Å². The van der Waals surface area contributed by atoms with Crippen LogP contribution in [0.1, 0.15) is 44.9 Å². The second-order valence-corrected chi connectivity index (χ2v) is 9.08. The number of nitrogens with zero attached hydrogens (tertiary/aromatic N) is 3. The molecule has 0 bridgehead atoms. The quantitative estimate of drug-likeness (QED) is 0.458. The van der Waals surface area contributed by atoms with Crippen LogP contribution in [0.2, 0.25) is 0 Å². The van der Waals surface area contributed by atoms with Crippen LogP contribution < -0.4 is 11.2 Å². The van der Waals surface area contributed by atoms with Crippen LogP contribution in [0.5, 0.6) is 0 Å². The van der Waals surface area contributed by atoms with E-state index in [1.54, 1.807) is 12.1 Å². The van der Waals surface area contributed by atoms with Gasteiger partial charge in [0.05, 0.1) is 11.8 Å². The summed E-state index contributed by atoms with van der Waals surface area (Å²) in [6.07, 6.45) is 0.